The van der Waals surface area contributed by atoms with E-state index in [4.69, 9.17) is 0 Å². The van der Waals surface area contributed by atoms with Crippen LogP contribution < -0.4 is 0 Å². The van der Waals surface area contributed by atoms with Crippen molar-refractivity contribution in [2.45, 2.75) is 25.5 Å². The summed E-state index contributed by atoms with van der Waals surface area (Å²) in [6.45, 7) is 5.72. The van der Waals surface area contributed by atoms with Crippen LogP contribution in [0.25, 0.3) is 10.2 Å². The van der Waals surface area contributed by atoms with Crippen LogP contribution in [0.4, 0.5) is 0 Å². The molecule has 5 heteroatoms. The van der Waals surface area contributed by atoms with Gasteiger partial charge in [-0.25, -0.2) is 4.98 Å². The zero-order valence-corrected chi connectivity index (χ0v) is 11.6. The first-order chi connectivity index (χ1) is 7.97. The number of fused-ring (bicyclic) bond motifs is 1. The van der Waals surface area contributed by atoms with Crippen molar-refractivity contribution in [3.8, 4) is 0 Å². The number of hydrogen-bond acceptors (Lipinski definition) is 4. The summed E-state index contributed by atoms with van der Waals surface area (Å²) in [7, 11) is 0. The van der Waals surface area contributed by atoms with Crippen molar-refractivity contribution in [1.82, 2.24) is 4.98 Å². The van der Waals surface area contributed by atoms with E-state index >= 15 is 0 Å². The highest BCUT2D eigenvalue weighted by Gasteiger charge is 2.25. The Morgan fingerprint density at radius 3 is 2.88 bits per heavy atom. The molecule has 0 saturated carbocycles. The lowest BCUT2D eigenvalue weighted by Crippen LogP contribution is -2.25. The lowest BCUT2D eigenvalue weighted by Gasteiger charge is -2.17. The molecular formula is C12H14N2OS2. The first-order valence-corrected chi connectivity index (χ1v) is 7.25. The van der Waals surface area contributed by atoms with Gasteiger partial charge in [-0.05, 0) is 38.5 Å². The molecule has 0 spiro atoms. The van der Waals surface area contributed by atoms with Gasteiger partial charge in [0.25, 0.3) is 0 Å². The molecule has 90 valence electrons. The van der Waals surface area contributed by atoms with E-state index in [1.165, 1.54) is 0 Å². The van der Waals surface area contributed by atoms with E-state index in [0.29, 0.717) is 0 Å². The number of rotatable bonds is 2. The topological polar surface area (TPSA) is 48.3 Å². The van der Waals surface area contributed by atoms with E-state index in [2.05, 4.69) is 9.38 Å². The van der Waals surface area contributed by atoms with Crippen molar-refractivity contribution in [2.75, 3.05) is 0 Å². The minimum atomic E-state index is -1.21. The van der Waals surface area contributed by atoms with Gasteiger partial charge in [-0.2, -0.15) is 0 Å². The molecule has 0 aliphatic heterocycles. The summed E-state index contributed by atoms with van der Waals surface area (Å²) in [6, 6.07) is 5.92. The van der Waals surface area contributed by atoms with Gasteiger partial charge in [0.2, 0.25) is 0 Å². The van der Waals surface area contributed by atoms with Gasteiger partial charge in [-0.1, -0.05) is 10.5 Å². The Labute approximate surface area is 108 Å². The molecule has 0 radical (unpaired) electrons. The lowest BCUT2D eigenvalue weighted by atomic mass is 10.2. The minimum absolute atomic E-state index is 0.318. The molecule has 0 aliphatic rings. The normalized spacial score (nSPS) is 14.6. The zero-order chi connectivity index (χ0) is 12.5. The van der Waals surface area contributed by atoms with Gasteiger partial charge >= 0.3 is 0 Å². The monoisotopic (exact) mass is 266 g/mol. The average Bonchev–Trinajstić information content (AvgIpc) is 2.71. The molecule has 2 aromatic rings. The summed E-state index contributed by atoms with van der Waals surface area (Å²) in [6.07, 6.45) is 1.65. The second-order valence-electron chi connectivity index (χ2n) is 4.68. The van der Waals surface area contributed by atoms with Gasteiger partial charge < -0.3 is 4.55 Å². The molecule has 0 fully saturated rings. The van der Waals surface area contributed by atoms with Gasteiger partial charge in [0.05, 0.1) is 21.9 Å². The van der Waals surface area contributed by atoms with Crippen molar-refractivity contribution in [2.24, 2.45) is 4.40 Å². The van der Waals surface area contributed by atoms with Crippen LogP contribution in [-0.4, -0.2) is 20.5 Å². The molecule has 17 heavy (non-hydrogen) atoms. The maximum absolute atomic E-state index is 11.8. The lowest BCUT2D eigenvalue weighted by molar-refractivity contribution is 0.562. The predicted octanol–water partition coefficient (Wildman–Crippen LogP) is 3.18. The summed E-state index contributed by atoms with van der Waals surface area (Å²) in [4.78, 5) is 4.24. The third-order valence-electron chi connectivity index (χ3n) is 2.18. The van der Waals surface area contributed by atoms with E-state index in [0.717, 1.165) is 15.8 Å². The van der Waals surface area contributed by atoms with E-state index in [1.807, 2.05) is 44.5 Å². The quantitative estimate of drug-likeness (QED) is 0.619. The molecule has 1 aromatic heterocycles. The molecule has 2 rings (SSSR count). The fourth-order valence-corrected chi connectivity index (χ4v) is 2.41. The molecule has 0 amide bonds. The summed E-state index contributed by atoms with van der Waals surface area (Å²) in [5.41, 5.74) is 3.71. The number of aromatic nitrogens is 1. The maximum atomic E-state index is 11.8. The Hall–Kier alpha value is -0.910. The SMILES string of the molecule is CC(C)(C)[S@+]([O-])/N=C/c1ccc2scnc2c1. The fourth-order valence-electron chi connectivity index (χ4n) is 1.22. The molecule has 0 bridgehead atoms. The minimum Gasteiger partial charge on any atom is -0.591 e. The largest absolute Gasteiger partial charge is 0.591 e. The van der Waals surface area contributed by atoms with Crippen LogP contribution >= 0.6 is 11.3 Å². The highest BCUT2D eigenvalue weighted by molar-refractivity contribution is 7.91. The van der Waals surface area contributed by atoms with E-state index < -0.39 is 11.4 Å². The maximum Gasteiger partial charge on any atom is 0.144 e. The molecule has 3 nitrogen and oxygen atoms in total. The van der Waals surface area contributed by atoms with Crippen LogP contribution in [0.3, 0.4) is 0 Å². The summed E-state index contributed by atoms with van der Waals surface area (Å²) >= 11 is 0.399. The van der Waals surface area contributed by atoms with Gasteiger partial charge in [0.15, 0.2) is 0 Å². The first-order valence-electron chi connectivity index (χ1n) is 5.26. The van der Waals surface area contributed by atoms with Crippen molar-refractivity contribution < 1.29 is 4.55 Å². The molecule has 1 atom stereocenters. The average molecular weight is 266 g/mol. The van der Waals surface area contributed by atoms with Crippen molar-refractivity contribution in [3.63, 3.8) is 0 Å². The summed E-state index contributed by atoms with van der Waals surface area (Å²) < 4.78 is 16.7. The number of nitrogens with zero attached hydrogens (tertiary/aromatic N) is 2. The van der Waals surface area contributed by atoms with Crippen LogP contribution in [-0.2, 0) is 11.4 Å². The Balaban J connectivity index is 2.20. The van der Waals surface area contributed by atoms with Crippen molar-refractivity contribution in [3.05, 3.63) is 29.3 Å². The van der Waals surface area contributed by atoms with Crippen molar-refractivity contribution >= 4 is 39.1 Å². The van der Waals surface area contributed by atoms with Crippen LogP contribution in [0.5, 0.6) is 0 Å². The Morgan fingerprint density at radius 1 is 1.41 bits per heavy atom. The van der Waals surface area contributed by atoms with Crippen LogP contribution in [0, 0.1) is 0 Å². The predicted molar refractivity (Wildman–Crippen MR) is 75.1 cm³/mol. The van der Waals surface area contributed by atoms with Gasteiger partial charge in [0, 0.05) is 0 Å². The second kappa shape index (κ2) is 4.76. The molecule has 0 saturated heterocycles. The highest BCUT2D eigenvalue weighted by Crippen LogP contribution is 2.19. The summed E-state index contributed by atoms with van der Waals surface area (Å²) in [5.74, 6) is 0. The first kappa shape index (κ1) is 12.5. The Kier molecular flexibility index (Phi) is 3.51. The standard InChI is InChI=1S/C12H14N2OS2/c1-12(2,3)17(15)14-7-9-4-5-11-10(6-9)13-8-16-11/h4-8H,1-3H3/b14-7+/t17-/m0/s1. The molecule has 1 aromatic carbocycles. The Morgan fingerprint density at radius 2 is 2.18 bits per heavy atom. The third-order valence-corrected chi connectivity index (χ3v) is 4.33. The highest BCUT2D eigenvalue weighted by atomic mass is 32.2. The number of benzene rings is 1. The van der Waals surface area contributed by atoms with Crippen molar-refractivity contribution in [1.29, 1.82) is 0 Å². The van der Waals surface area contributed by atoms with Crippen LogP contribution in [0.1, 0.15) is 26.3 Å². The Bertz CT molecular complexity index is 543. The van der Waals surface area contributed by atoms with Gasteiger partial charge in [-0.15, -0.1) is 11.3 Å². The van der Waals surface area contributed by atoms with Gasteiger partial charge in [0.1, 0.15) is 16.1 Å². The number of thiazole rings is 1. The van der Waals surface area contributed by atoms with E-state index in [1.54, 1.807) is 17.6 Å². The summed E-state index contributed by atoms with van der Waals surface area (Å²) in [5, 5.41) is 0. The van der Waals surface area contributed by atoms with Crippen LogP contribution in [0.15, 0.2) is 28.1 Å². The van der Waals surface area contributed by atoms with Gasteiger partial charge in [-0.3, -0.25) is 0 Å². The number of hydrogen-bond donors (Lipinski definition) is 0. The second-order valence-corrected chi connectivity index (χ2v) is 7.50. The third kappa shape index (κ3) is 3.06. The molecule has 0 N–H and O–H groups in total. The van der Waals surface area contributed by atoms with Crippen LogP contribution in [0.2, 0.25) is 0 Å². The van der Waals surface area contributed by atoms with E-state index in [9.17, 15) is 4.55 Å². The molecule has 1 heterocycles. The zero-order valence-electron chi connectivity index (χ0n) is 10.0. The molecule has 0 aliphatic carbocycles. The molecule has 0 unspecified atom stereocenters. The molecular weight excluding hydrogens is 252 g/mol. The smallest absolute Gasteiger partial charge is 0.144 e. The fraction of sp³-hybridized carbons (Fsp3) is 0.333. The van der Waals surface area contributed by atoms with E-state index in [-0.39, 0.29) is 4.75 Å².